The van der Waals surface area contributed by atoms with Crippen molar-refractivity contribution >= 4 is 0 Å². The summed E-state index contributed by atoms with van der Waals surface area (Å²) in [5.74, 6) is 0. The molecule has 0 amide bonds. The molecular weight excluding hydrogens is 507 g/mol. The fraction of sp³-hybridized carbons (Fsp3) is 0.294. The average molecular weight is 543 g/mol. The predicted octanol–water partition coefficient (Wildman–Crippen LogP) is 6.04. The van der Waals surface area contributed by atoms with Gasteiger partial charge in [0.2, 0.25) is 0 Å². The smallest absolute Gasteiger partial charge is 0.157 e. The van der Waals surface area contributed by atoms with E-state index in [-0.39, 0.29) is 26.4 Å². The number of hydrogen-bond donors (Lipinski definition) is 1. The molecule has 1 N–H and O–H groups in total. The highest BCUT2D eigenvalue weighted by molar-refractivity contribution is 5.17. The zero-order valence-electron chi connectivity index (χ0n) is 22.3. The van der Waals surface area contributed by atoms with E-state index >= 15 is 4.39 Å². The average Bonchev–Trinajstić information content (AvgIpc) is 3.01. The summed E-state index contributed by atoms with van der Waals surface area (Å²) in [5, 5.41) is 11.2. The van der Waals surface area contributed by atoms with Crippen LogP contribution in [0.3, 0.4) is 0 Å². The third kappa shape index (κ3) is 7.42. The number of aliphatic hydroxyl groups is 1. The molecule has 0 aliphatic heterocycles. The van der Waals surface area contributed by atoms with E-state index in [9.17, 15) is 5.11 Å². The van der Waals surface area contributed by atoms with Gasteiger partial charge in [0.15, 0.2) is 6.17 Å². The first-order chi connectivity index (χ1) is 19.7. The summed E-state index contributed by atoms with van der Waals surface area (Å²) in [6, 6.07) is 38.6. The lowest BCUT2D eigenvalue weighted by Crippen LogP contribution is -2.65. The standard InChI is InChI=1S/C34H35FO5/c35-29-30(36)32(38-22-26-15-7-2-8-16-26)34(40-24-28-19-11-4-12-20-28)33(39-23-27-17-9-3-10-18-27)31(29)37-21-25-13-5-1-6-14-25/h1-20,29-34,36H,21-24H2/t29-,30-,31+,32+,33-,34-/m1/s1. The van der Waals surface area contributed by atoms with E-state index in [0.717, 1.165) is 22.3 Å². The number of aliphatic hydroxyl groups excluding tert-OH is 1. The van der Waals surface area contributed by atoms with Crippen LogP contribution in [0.15, 0.2) is 121 Å². The minimum Gasteiger partial charge on any atom is -0.387 e. The van der Waals surface area contributed by atoms with Crippen LogP contribution < -0.4 is 0 Å². The Morgan fingerprint density at radius 3 is 1.05 bits per heavy atom. The highest BCUT2D eigenvalue weighted by atomic mass is 19.1. The molecule has 0 saturated heterocycles. The second-order valence-electron chi connectivity index (χ2n) is 9.98. The molecule has 0 aromatic heterocycles. The minimum absolute atomic E-state index is 0.171. The van der Waals surface area contributed by atoms with Gasteiger partial charge in [-0.3, -0.25) is 0 Å². The van der Waals surface area contributed by atoms with Gasteiger partial charge in [-0.1, -0.05) is 121 Å². The molecular formula is C34H35FO5. The van der Waals surface area contributed by atoms with Crippen molar-refractivity contribution in [3.8, 4) is 0 Å². The van der Waals surface area contributed by atoms with E-state index in [0.29, 0.717) is 0 Å². The maximum atomic E-state index is 16.0. The third-order valence-electron chi connectivity index (χ3n) is 7.09. The van der Waals surface area contributed by atoms with Crippen LogP contribution in [0.4, 0.5) is 4.39 Å². The molecule has 208 valence electrons. The molecule has 0 unspecified atom stereocenters. The second kappa shape index (κ2) is 14.3. The number of ether oxygens (including phenoxy) is 4. The Hall–Kier alpha value is -3.39. The van der Waals surface area contributed by atoms with E-state index in [4.69, 9.17) is 18.9 Å². The summed E-state index contributed by atoms with van der Waals surface area (Å²) >= 11 is 0. The lowest BCUT2D eigenvalue weighted by molar-refractivity contribution is -0.262. The van der Waals surface area contributed by atoms with Crippen molar-refractivity contribution in [3.05, 3.63) is 144 Å². The number of halogens is 1. The largest absolute Gasteiger partial charge is 0.387 e. The molecule has 1 saturated carbocycles. The number of rotatable bonds is 12. The zero-order chi connectivity index (χ0) is 27.6. The van der Waals surface area contributed by atoms with Crippen LogP contribution in [0.1, 0.15) is 22.3 Å². The molecule has 1 fully saturated rings. The summed E-state index contributed by atoms with van der Waals surface area (Å²) in [4.78, 5) is 0. The van der Waals surface area contributed by atoms with Crippen molar-refractivity contribution in [3.63, 3.8) is 0 Å². The number of benzene rings is 4. The first kappa shape index (κ1) is 28.1. The first-order valence-electron chi connectivity index (χ1n) is 13.6. The number of hydrogen-bond acceptors (Lipinski definition) is 5. The molecule has 6 atom stereocenters. The lowest BCUT2D eigenvalue weighted by atomic mass is 9.84. The van der Waals surface area contributed by atoms with Crippen LogP contribution in [-0.2, 0) is 45.4 Å². The monoisotopic (exact) mass is 542 g/mol. The Labute approximate surface area is 235 Å². The fourth-order valence-electron chi connectivity index (χ4n) is 4.95. The number of alkyl halides is 1. The first-order valence-corrected chi connectivity index (χ1v) is 13.6. The van der Waals surface area contributed by atoms with Gasteiger partial charge >= 0.3 is 0 Å². The molecule has 0 bridgehead atoms. The lowest BCUT2D eigenvalue weighted by Gasteiger charge is -2.46. The predicted molar refractivity (Wildman–Crippen MR) is 151 cm³/mol. The molecule has 40 heavy (non-hydrogen) atoms. The molecule has 0 radical (unpaired) electrons. The fourth-order valence-corrected chi connectivity index (χ4v) is 4.95. The Balaban J connectivity index is 1.42. The highest BCUT2D eigenvalue weighted by Crippen LogP contribution is 2.34. The molecule has 4 aromatic rings. The van der Waals surface area contributed by atoms with Crippen LogP contribution in [0.5, 0.6) is 0 Å². The van der Waals surface area contributed by atoms with Gasteiger partial charge in [-0.25, -0.2) is 4.39 Å². The maximum absolute atomic E-state index is 16.0. The van der Waals surface area contributed by atoms with Gasteiger partial charge < -0.3 is 24.1 Å². The van der Waals surface area contributed by atoms with E-state index in [2.05, 4.69) is 0 Å². The normalized spacial score (nSPS) is 24.6. The molecule has 0 spiro atoms. The molecule has 5 nitrogen and oxygen atoms in total. The highest BCUT2D eigenvalue weighted by Gasteiger charge is 2.53. The van der Waals surface area contributed by atoms with E-state index in [1.165, 1.54) is 0 Å². The van der Waals surface area contributed by atoms with E-state index < -0.39 is 36.7 Å². The van der Waals surface area contributed by atoms with Gasteiger partial charge in [-0.05, 0) is 22.3 Å². The molecule has 4 aromatic carbocycles. The zero-order valence-corrected chi connectivity index (χ0v) is 22.3. The maximum Gasteiger partial charge on any atom is 0.157 e. The van der Waals surface area contributed by atoms with Crippen LogP contribution >= 0.6 is 0 Å². The third-order valence-corrected chi connectivity index (χ3v) is 7.09. The van der Waals surface area contributed by atoms with Crippen LogP contribution in [0.2, 0.25) is 0 Å². The van der Waals surface area contributed by atoms with Gasteiger partial charge in [0.05, 0.1) is 26.4 Å². The quantitative estimate of drug-likeness (QED) is 0.237. The Kier molecular flexibility index (Phi) is 10.1. The summed E-state index contributed by atoms with van der Waals surface area (Å²) in [7, 11) is 0. The molecule has 5 rings (SSSR count). The van der Waals surface area contributed by atoms with E-state index in [1.54, 1.807) is 0 Å². The Morgan fingerprint density at radius 1 is 0.425 bits per heavy atom. The van der Waals surface area contributed by atoms with Gasteiger partial charge in [0, 0.05) is 0 Å². The Bertz CT molecular complexity index is 1160. The van der Waals surface area contributed by atoms with Crippen molar-refractivity contribution < 1.29 is 28.4 Å². The molecule has 6 heteroatoms. The van der Waals surface area contributed by atoms with Crippen molar-refractivity contribution in [2.24, 2.45) is 0 Å². The summed E-state index contributed by atoms with van der Waals surface area (Å²) in [6.07, 6.45) is -6.90. The van der Waals surface area contributed by atoms with Crippen LogP contribution in [-0.4, -0.2) is 41.8 Å². The van der Waals surface area contributed by atoms with Crippen molar-refractivity contribution in [2.75, 3.05) is 0 Å². The van der Waals surface area contributed by atoms with Crippen molar-refractivity contribution in [1.82, 2.24) is 0 Å². The van der Waals surface area contributed by atoms with Crippen LogP contribution in [0, 0.1) is 0 Å². The van der Waals surface area contributed by atoms with Gasteiger partial charge in [0.1, 0.15) is 30.5 Å². The van der Waals surface area contributed by atoms with Crippen molar-refractivity contribution in [2.45, 2.75) is 63.1 Å². The second-order valence-corrected chi connectivity index (χ2v) is 9.98. The Morgan fingerprint density at radius 2 is 0.700 bits per heavy atom. The van der Waals surface area contributed by atoms with E-state index in [1.807, 2.05) is 121 Å². The topological polar surface area (TPSA) is 57.2 Å². The van der Waals surface area contributed by atoms with Crippen LogP contribution in [0.25, 0.3) is 0 Å². The van der Waals surface area contributed by atoms with Gasteiger partial charge in [-0.15, -0.1) is 0 Å². The summed E-state index contributed by atoms with van der Waals surface area (Å²) in [5.41, 5.74) is 3.70. The SMILES string of the molecule is O[C@@H]1[C@@H](F)[C@H](OCc2ccccc2)[C@@H](OCc2ccccc2)[C@H](OCc2ccccc2)[C@H]1OCc1ccccc1. The minimum atomic E-state index is -1.75. The van der Waals surface area contributed by atoms with Gasteiger partial charge in [0.25, 0.3) is 0 Å². The molecule has 0 heterocycles. The molecule has 1 aliphatic rings. The van der Waals surface area contributed by atoms with Crippen molar-refractivity contribution in [1.29, 1.82) is 0 Å². The molecule has 1 aliphatic carbocycles. The summed E-state index contributed by atoms with van der Waals surface area (Å²) in [6.45, 7) is 0.847. The van der Waals surface area contributed by atoms with Gasteiger partial charge in [-0.2, -0.15) is 0 Å². The summed E-state index contributed by atoms with van der Waals surface area (Å²) < 4.78 is 41.2.